The molecule has 1 amide bonds. The molecule has 158 valence electrons. The van der Waals surface area contributed by atoms with Crippen LogP contribution in [0.1, 0.15) is 22.4 Å². The molecule has 0 aliphatic carbocycles. The van der Waals surface area contributed by atoms with Gasteiger partial charge in [-0.15, -0.1) is 11.3 Å². The maximum Gasteiger partial charge on any atom is 0.264 e. The van der Waals surface area contributed by atoms with Gasteiger partial charge < -0.3 is 5.32 Å². The van der Waals surface area contributed by atoms with Crippen LogP contribution in [-0.4, -0.2) is 20.9 Å². The molecule has 5 nitrogen and oxygen atoms in total. The fourth-order valence-electron chi connectivity index (χ4n) is 3.11. The Morgan fingerprint density at radius 2 is 1.73 bits per heavy atom. The lowest BCUT2D eigenvalue weighted by Gasteiger charge is -2.25. The number of hydrogen-bond donors (Lipinski definition) is 1. The number of rotatable bonds is 8. The molecule has 0 bridgehead atoms. The van der Waals surface area contributed by atoms with Crippen LogP contribution in [0, 0.1) is 13.8 Å². The van der Waals surface area contributed by atoms with Crippen molar-refractivity contribution in [2.75, 3.05) is 10.8 Å². The van der Waals surface area contributed by atoms with Crippen molar-refractivity contribution in [3.05, 3.63) is 81.0 Å². The fourth-order valence-corrected chi connectivity index (χ4v) is 5.33. The number of aryl methyl sites for hydroxylation is 2. The number of benzene rings is 2. The van der Waals surface area contributed by atoms with Crippen LogP contribution in [0.2, 0.25) is 5.02 Å². The molecule has 1 aromatic heterocycles. The molecule has 2 aromatic carbocycles. The van der Waals surface area contributed by atoms with Crippen molar-refractivity contribution in [2.24, 2.45) is 0 Å². The Labute approximate surface area is 186 Å². The maximum absolute atomic E-state index is 13.4. The van der Waals surface area contributed by atoms with E-state index in [-0.39, 0.29) is 23.8 Å². The summed E-state index contributed by atoms with van der Waals surface area (Å²) in [7, 11) is -3.86. The molecule has 0 radical (unpaired) electrons. The molecule has 0 spiro atoms. The second kappa shape index (κ2) is 9.64. The number of amides is 1. The van der Waals surface area contributed by atoms with E-state index in [1.165, 1.54) is 16.4 Å². The monoisotopic (exact) mass is 462 g/mol. The molecule has 0 fully saturated rings. The number of sulfonamides is 1. The minimum Gasteiger partial charge on any atom is -0.351 e. The summed E-state index contributed by atoms with van der Waals surface area (Å²) in [6.45, 7) is 4.29. The van der Waals surface area contributed by atoms with E-state index >= 15 is 0 Å². The van der Waals surface area contributed by atoms with E-state index in [2.05, 4.69) is 5.32 Å². The predicted octanol–water partition coefficient (Wildman–Crippen LogP) is 4.92. The van der Waals surface area contributed by atoms with Crippen molar-refractivity contribution in [3.8, 4) is 0 Å². The maximum atomic E-state index is 13.4. The summed E-state index contributed by atoms with van der Waals surface area (Å²) >= 11 is 7.48. The predicted molar refractivity (Wildman–Crippen MR) is 123 cm³/mol. The van der Waals surface area contributed by atoms with E-state index in [0.717, 1.165) is 16.0 Å². The lowest BCUT2D eigenvalue weighted by Crippen LogP contribution is -2.35. The van der Waals surface area contributed by atoms with Gasteiger partial charge in [-0.3, -0.25) is 9.10 Å². The number of thiophene rings is 1. The molecule has 1 heterocycles. The Balaban J connectivity index is 1.84. The van der Waals surface area contributed by atoms with Crippen LogP contribution < -0.4 is 9.62 Å². The number of nitrogens with zero attached hydrogens (tertiary/aromatic N) is 1. The van der Waals surface area contributed by atoms with Crippen molar-refractivity contribution in [1.29, 1.82) is 0 Å². The minimum absolute atomic E-state index is 0.0319. The first-order valence-electron chi connectivity index (χ1n) is 9.41. The third kappa shape index (κ3) is 5.62. The molecular weight excluding hydrogens is 440 g/mol. The minimum atomic E-state index is -3.86. The standard InChI is InChI=1S/C22H23ClN2O3S2/c1-16-12-17(2)14-19(13-16)25(30(27,28)21-7-5-18(23)6-8-21)10-9-22(26)24-15-20-4-3-11-29-20/h3-8,11-14H,9-10,15H2,1-2H3,(H,24,26). The molecule has 0 aliphatic rings. The van der Waals surface area contributed by atoms with Gasteiger partial charge in [0.15, 0.2) is 0 Å². The highest BCUT2D eigenvalue weighted by Crippen LogP contribution is 2.27. The average molecular weight is 463 g/mol. The molecule has 1 N–H and O–H groups in total. The van der Waals surface area contributed by atoms with E-state index in [1.54, 1.807) is 23.5 Å². The Morgan fingerprint density at radius 3 is 2.33 bits per heavy atom. The topological polar surface area (TPSA) is 66.5 Å². The average Bonchev–Trinajstić information content (AvgIpc) is 3.19. The van der Waals surface area contributed by atoms with Gasteiger partial charge in [0.1, 0.15) is 0 Å². The third-order valence-corrected chi connectivity index (χ3v) is 7.45. The Kier molecular flexibility index (Phi) is 7.18. The summed E-state index contributed by atoms with van der Waals surface area (Å²) in [5.41, 5.74) is 2.43. The van der Waals surface area contributed by atoms with Crippen LogP contribution in [0.3, 0.4) is 0 Å². The van der Waals surface area contributed by atoms with Gasteiger partial charge in [0.25, 0.3) is 10.0 Å². The van der Waals surface area contributed by atoms with Crippen molar-refractivity contribution in [3.63, 3.8) is 0 Å². The SMILES string of the molecule is Cc1cc(C)cc(N(CCC(=O)NCc2cccs2)S(=O)(=O)c2ccc(Cl)cc2)c1. The van der Waals surface area contributed by atoms with Gasteiger partial charge in [0, 0.05) is 22.9 Å². The summed E-state index contributed by atoms with van der Waals surface area (Å²) < 4.78 is 28.0. The lowest BCUT2D eigenvalue weighted by molar-refractivity contribution is -0.121. The van der Waals surface area contributed by atoms with Gasteiger partial charge >= 0.3 is 0 Å². The molecule has 0 aliphatic heterocycles. The Morgan fingerprint density at radius 1 is 1.07 bits per heavy atom. The highest BCUT2D eigenvalue weighted by atomic mass is 35.5. The van der Waals surface area contributed by atoms with Gasteiger partial charge in [-0.25, -0.2) is 8.42 Å². The third-order valence-electron chi connectivity index (χ3n) is 4.48. The Hall–Kier alpha value is -2.35. The van der Waals surface area contributed by atoms with Gasteiger partial charge in [-0.1, -0.05) is 23.7 Å². The second-order valence-corrected chi connectivity index (χ2v) is 10.3. The highest BCUT2D eigenvalue weighted by Gasteiger charge is 2.26. The van der Waals surface area contributed by atoms with Crippen molar-refractivity contribution < 1.29 is 13.2 Å². The lowest BCUT2D eigenvalue weighted by atomic mass is 10.1. The van der Waals surface area contributed by atoms with E-state index in [0.29, 0.717) is 17.3 Å². The molecular formula is C22H23ClN2O3S2. The van der Waals surface area contributed by atoms with Crippen LogP contribution in [0.25, 0.3) is 0 Å². The van der Waals surface area contributed by atoms with Crippen LogP contribution in [0.5, 0.6) is 0 Å². The summed E-state index contributed by atoms with van der Waals surface area (Å²) in [6.07, 6.45) is 0.0468. The van der Waals surface area contributed by atoms with Crippen molar-refractivity contribution >= 4 is 44.6 Å². The molecule has 0 unspecified atom stereocenters. The van der Waals surface area contributed by atoms with Crippen molar-refractivity contribution in [1.82, 2.24) is 5.32 Å². The molecule has 0 saturated carbocycles. The zero-order valence-corrected chi connectivity index (χ0v) is 19.2. The van der Waals surface area contributed by atoms with Gasteiger partial charge in [-0.2, -0.15) is 0 Å². The number of halogens is 1. The molecule has 3 rings (SSSR count). The molecule has 0 atom stereocenters. The first kappa shape index (κ1) is 22.3. The largest absolute Gasteiger partial charge is 0.351 e. The first-order valence-corrected chi connectivity index (χ1v) is 12.1. The quantitative estimate of drug-likeness (QED) is 0.516. The van der Waals surface area contributed by atoms with E-state index in [9.17, 15) is 13.2 Å². The number of carbonyl (C=O) groups excluding carboxylic acids is 1. The number of hydrogen-bond acceptors (Lipinski definition) is 4. The normalized spacial score (nSPS) is 11.3. The van der Waals surface area contributed by atoms with Crippen LogP contribution in [0.15, 0.2) is 64.9 Å². The Bertz CT molecular complexity index is 1090. The van der Waals surface area contributed by atoms with E-state index in [1.807, 2.05) is 49.6 Å². The summed E-state index contributed by atoms with van der Waals surface area (Å²) in [4.78, 5) is 13.5. The molecule has 0 saturated heterocycles. The van der Waals surface area contributed by atoms with Gasteiger partial charge in [-0.05, 0) is 72.8 Å². The van der Waals surface area contributed by atoms with Crippen LogP contribution >= 0.6 is 22.9 Å². The summed E-state index contributed by atoms with van der Waals surface area (Å²) in [5.74, 6) is -0.205. The highest BCUT2D eigenvalue weighted by molar-refractivity contribution is 7.92. The fraction of sp³-hybridized carbons (Fsp3) is 0.227. The molecule has 30 heavy (non-hydrogen) atoms. The first-order chi connectivity index (χ1) is 14.3. The number of nitrogens with one attached hydrogen (secondary N) is 1. The number of carbonyl (C=O) groups is 1. The van der Waals surface area contributed by atoms with Crippen LogP contribution in [-0.2, 0) is 21.4 Å². The summed E-state index contributed by atoms with van der Waals surface area (Å²) in [6, 6.07) is 15.5. The van der Waals surface area contributed by atoms with Crippen LogP contribution in [0.4, 0.5) is 5.69 Å². The zero-order valence-electron chi connectivity index (χ0n) is 16.8. The molecule has 3 aromatic rings. The second-order valence-electron chi connectivity index (χ2n) is 6.98. The van der Waals surface area contributed by atoms with E-state index in [4.69, 9.17) is 11.6 Å². The van der Waals surface area contributed by atoms with Gasteiger partial charge in [0.05, 0.1) is 17.1 Å². The van der Waals surface area contributed by atoms with E-state index < -0.39 is 10.0 Å². The number of anilines is 1. The molecule has 8 heteroatoms. The summed E-state index contributed by atoms with van der Waals surface area (Å²) in [5, 5.41) is 5.25. The smallest absolute Gasteiger partial charge is 0.264 e. The van der Waals surface area contributed by atoms with Crippen molar-refractivity contribution in [2.45, 2.75) is 31.7 Å². The zero-order chi connectivity index (χ0) is 21.7. The van der Waals surface area contributed by atoms with Gasteiger partial charge in [0.2, 0.25) is 5.91 Å².